The third-order valence-electron chi connectivity index (χ3n) is 21.6. The molecule has 118 heavy (non-hydrogen) atoms. The van der Waals surface area contributed by atoms with Crippen LogP contribution >= 0.6 is 0 Å². The number of H-pyrrole nitrogens is 4. The Morgan fingerprint density at radius 2 is 0.678 bits per heavy atom. The Labute approximate surface area is 684 Å². The van der Waals surface area contributed by atoms with E-state index in [1.165, 1.54) is 38.5 Å². The van der Waals surface area contributed by atoms with Gasteiger partial charge in [-0.15, -0.1) is 0 Å². The lowest BCUT2D eigenvalue weighted by Gasteiger charge is -2.30. The lowest BCUT2D eigenvalue weighted by atomic mass is 10.0. The highest BCUT2D eigenvalue weighted by Gasteiger charge is 2.43. The number of aromatic amines is 4. The van der Waals surface area contributed by atoms with Gasteiger partial charge in [-0.3, -0.25) is 19.2 Å². The fourth-order valence-corrected chi connectivity index (χ4v) is 17.5. The summed E-state index contributed by atoms with van der Waals surface area (Å²) in [6.07, 6.45) is 23.1. The van der Waals surface area contributed by atoms with Gasteiger partial charge in [0.2, 0.25) is 23.6 Å². The highest BCUT2D eigenvalue weighted by Crippen LogP contribution is 2.38. The maximum Gasteiger partial charge on any atom is 0.423 e. The monoisotopic (exact) mass is 1650 g/mol. The van der Waals surface area contributed by atoms with Gasteiger partial charge in [-0.25, -0.2) is 39.1 Å². The number of fused-ring (bicyclic) bond motifs is 1. The van der Waals surface area contributed by atoms with E-state index >= 15 is 0 Å². The van der Waals surface area contributed by atoms with Gasteiger partial charge in [0.05, 0.1) is 86.0 Å². The van der Waals surface area contributed by atoms with Gasteiger partial charge < -0.3 is 78.6 Å². The van der Waals surface area contributed by atoms with Crippen molar-refractivity contribution in [2.24, 2.45) is 23.7 Å². The highest BCUT2D eigenvalue weighted by atomic mass is 32.2. The van der Waals surface area contributed by atoms with Gasteiger partial charge in [0.15, 0.2) is 0 Å². The van der Waals surface area contributed by atoms with Crippen molar-refractivity contribution in [1.82, 2.24) is 80.7 Å². The van der Waals surface area contributed by atoms with Crippen molar-refractivity contribution in [3.63, 3.8) is 0 Å². The molecule has 8 amide bonds. The molecule has 0 bridgehead atoms. The van der Waals surface area contributed by atoms with E-state index in [0.29, 0.717) is 86.5 Å². The van der Waals surface area contributed by atoms with Gasteiger partial charge in [-0.05, 0) is 122 Å². The largest absolute Gasteiger partial charge is 0.453 e. The number of amides is 8. The zero-order chi connectivity index (χ0) is 84.3. The summed E-state index contributed by atoms with van der Waals surface area (Å²) in [6, 6.07) is 17.2. The average molecular weight is 1650 g/mol. The van der Waals surface area contributed by atoms with Crippen LogP contribution in [-0.4, -0.2) is 189 Å². The minimum absolute atomic E-state index is 0.153. The lowest BCUT2D eigenvalue weighted by Crippen LogP contribution is -2.51. The van der Waals surface area contributed by atoms with E-state index in [2.05, 4.69) is 61.1 Å². The first-order valence-electron chi connectivity index (χ1n) is 39.5. The van der Waals surface area contributed by atoms with Gasteiger partial charge in [-0.2, -0.15) is 16.8 Å². The summed E-state index contributed by atoms with van der Waals surface area (Å²) in [4.78, 5) is 145. The Hall–Kier alpha value is -12.2. The number of aromatic nitrogens is 8. The van der Waals surface area contributed by atoms with Crippen LogP contribution in [0.2, 0.25) is 0 Å². The number of allylic oxidation sites excluding steroid dienone is 4. The number of benzene rings is 4. The molecule has 4 saturated heterocycles. The predicted octanol–water partition coefficient (Wildman–Crippen LogP) is 12.2. The number of imidazole rings is 4. The number of rotatable bonds is 28. The molecule has 0 radical (unpaired) electrons. The molecule has 4 aromatic carbocycles. The number of nitrogens with one attached hydrogen (secondary N) is 8. The van der Waals surface area contributed by atoms with Crippen LogP contribution in [0.3, 0.4) is 0 Å². The lowest BCUT2D eigenvalue weighted by molar-refractivity contribution is -0.136. The molecule has 8 atom stereocenters. The topological polar surface area (TPSA) is 418 Å². The number of likely N-dealkylation sites (tertiary alicyclic amines) is 4. The van der Waals surface area contributed by atoms with Crippen molar-refractivity contribution >= 4 is 103 Å². The summed E-state index contributed by atoms with van der Waals surface area (Å²) in [6.45, 7) is 15.9. The number of hydrogen-bond acceptors (Lipinski definition) is 20. The van der Waals surface area contributed by atoms with Gasteiger partial charge in [0, 0.05) is 37.0 Å². The molecule has 0 saturated carbocycles. The Balaban J connectivity index is 0.619. The molecule has 0 unspecified atom stereocenters. The minimum Gasteiger partial charge on any atom is -0.453 e. The average Bonchev–Trinajstić information content (AvgIpc) is 1.21. The van der Waals surface area contributed by atoms with Crippen LogP contribution in [0.1, 0.15) is 177 Å². The smallest absolute Gasteiger partial charge is 0.423 e. The van der Waals surface area contributed by atoms with Crippen molar-refractivity contribution in [3.8, 4) is 22.5 Å². The second-order valence-corrected chi connectivity index (χ2v) is 34.0. The van der Waals surface area contributed by atoms with E-state index in [1.807, 2.05) is 125 Å². The molecule has 4 fully saturated rings. The van der Waals surface area contributed by atoms with Crippen molar-refractivity contribution in [2.75, 3.05) is 40.4 Å². The summed E-state index contributed by atoms with van der Waals surface area (Å²) in [5, 5.41) is 9.86. The maximum absolute atomic E-state index is 14.5. The van der Waals surface area contributed by atoms with Gasteiger partial charge in [0.1, 0.15) is 57.3 Å². The van der Waals surface area contributed by atoms with E-state index in [9.17, 15) is 55.2 Å². The first kappa shape index (κ1) is 85.2. The van der Waals surface area contributed by atoms with Crippen LogP contribution in [0.4, 0.5) is 19.2 Å². The van der Waals surface area contributed by atoms with Gasteiger partial charge >= 0.3 is 44.6 Å². The standard InChI is InChI=1S/C84H100N16O16S2/c1-49(2)69(93-81(105)113-9)77(101)97-41-17-27-63(97)73-85-45-57(89-73)23-13-11-21-53-33-37-55(38-34-53)61-47-87-75(91-61)65-29-19-43-99(65)79(103)71(51(5)6)95-83(107)115-117(109,110)67-31-15-26-60-59(67)25-16-32-68(60)118(111,112)116-84(108)96-72(52(7)8)80(104)100-44-20-30-66(100)76-88-48-62(92-76)56-39-35-54(36-40-56)22-12-14-24-58-46-86-74(90-58)64-28-18-42-98(64)78(102)70(50(3)4)94-82(106)114-10/h11-16,21-26,31-40,45-52,63-66,69-72H,17-20,27-30,41-44H2,1-10H3,(H,85,89)(H,86,90)(H,87,91)(H,88,92)(H,93,105)(H,94,106)(H,95,107)(H,96,108)/t63-,64-,65-,66-,69-,70-,71-,72-/m0/s1. The van der Waals surface area contributed by atoms with Crippen molar-refractivity contribution in [1.29, 1.82) is 0 Å². The van der Waals surface area contributed by atoms with E-state index in [4.69, 9.17) is 17.8 Å². The van der Waals surface area contributed by atoms with Crippen LogP contribution in [-0.2, 0) is 57.3 Å². The Morgan fingerprint density at radius 3 is 0.983 bits per heavy atom. The molecule has 4 aliphatic heterocycles. The van der Waals surface area contributed by atoms with Crippen LogP contribution in [0.15, 0.2) is 144 Å². The SMILES string of the molecule is COC(=O)N[C@H](C(=O)N1CCC[C@H]1c1ncc(C=CC=Cc2ccc(-c3cnc([C@@H]4CCCN4C(=O)[C@@H](NC(=O)OS(=O)(=O)c4cccc5c(S(=O)(=O)OC(=O)N[C@H](C(=O)N6CCC[C@H]6c6ncc(-c7ccc(C=CC=Cc8cnc([C@@H]9CCCN9C(=O)[C@@H](NC(=O)OC)C(C)C)[nH]8)cc7)[nH]6)C(C)C)cccc45)C(C)C)[nH]3)cc2)[nH]1)C(C)C. The number of hydrogen-bond donors (Lipinski definition) is 8. The third-order valence-corrected chi connectivity index (χ3v) is 24.1. The molecule has 8 heterocycles. The van der Waals surface area contributed by atoms with E-state index < -0.39 is 114 Å². The molecule has 34 heteroatoms. The Kier molecular flexibility index (Phi) is 27.0. The Bertz CT molecular complexity index is 5030. The van der Waals surface area contributed by atoms with Gasteiger partial charge in [-0.1, -0.05) is 165 Å². The molecule has 4 aromatic heterocycles. The second-order valence-electron chi connectivity index (χ2n) is 31.0. The van der Waals surface area contributed by atoms with Crippen molar-refractivity contribution in [2.45, 2.75) is 165 Å². The first-order valence-corrected chi connectivity index (χ1v) is 42.3. The zero-order valence-corrected chi connectivity index (χ0v) is 69.0. The van der Waals surface area contributed by atoms with Crippen molar-refractivity contribution < 1.29 is 73.0 Å². The predicted molar refractivity (Wildman–Crippen MR) is 439 cm³/mol. The van der Waals surface area contributed by atoms with Crippen LogP contribution in [0, 0.1) is 23.7 Å². The number of carbonyl (C=O) groups excluding carboxylic acids is 8. The van der Waals surface area contributed by atoms with E-state index in [1.54, 1.807) is 72.1 Å². The molecule has 624 valence electrons. The van der Waals surface area contributed by atoms with Crippen LogP contribution in [0.25, 0.3) is 57.6 Å². The number of carbonyl (C=O) groups is 8. The summed E-state index contributed by atoms with van der Waals surface area (Å²) >= 11 is 0. The summed E-state index contributed by atoms with van der Waals surface area (Å²) in [7, 11) is -7.60. The first-order chi connectivity index (χ1) is 56.5. The summed E-state index contributed by atoms with van der Waals surface area (Å²) in [5.41, 5.74) is 6.40. The summed E-state index contributed by atoms with van der Waals surface area (Å²) < 4.78 is 76.3. The van der Waals surface area contributed by atoms with Crippen molar-refractivity contribution in [3.05, 3.63) is 180 Å². The molecular formula is C84H100N16O16S2. The normalized spacial score (nSPS) is 18.4. The van der Waals surface area contributed by atoms with Crippen LogP contribution in [0.5, 0.6) is 0 Å². The number of ether oxygens (including phenoxy) is 2. The molecule has 32 nitrogen and oxygen atoms in total. The Morgan fingerprint density at radius 1 is 0.390 bits per heavy atom. The van der Waals surface area contributed by atoms with E-state index in [-0.39, 0.29) is 46.5 Å². The molecule has 8 N–H and O–H groups in total. The second kappa shape index (κ2) is 37.4. The fourth-order valence-electron chi connectivity index (χ4n) is 15.4. The number of nitrogens with zero attached hydrogens (tertiary/aromatic N) is 8. The fraction of sp³-hybridized carbons (Fsp3) is 0.405. The molecule has 0 spiro atoms. The molecular weight excluding hydrogens is 1550 g/mol. The number of alkyl carbamates (subject to hydrolysis) is 2. The van der Waals surface area contributed by atoms with E-state index in [0.717, 1.165) is 71.5 Å². The summed E-state index contributed by atoms with van der Waals surface area (Å²) in [5.74, 6) is -0.461. The quantitative estimate of drug-likeness (QED) is 0.0167. The minimum atomic E-state index is -5.06. The molecule has 4 aliphatic rings. The molecule has 8 aromatic rings. The maximum atomic E-state index is 14.5. The molecule has 12 rings (SSSR count). The molecule has 0 aliphatic carbocycles. The number of methoxy groups -OCH3 is 2. The zero-order valence-electron chi connectivity index (χ0n) is 67.4. The van der Waals surface area contributed by atoms with Gasteiger partial charge in [0.25, 0.3) is 0 Å². The van der Waals surface area contributed by atoms with Crippen LogP contribution < -0.4 is 21.3 Å². The third kappa shape index (κ3) is 19.7. The highest BCUT2D eigenvalue weighted by molar-refractivity contribution is 7.88.